The Morgan fingerprint density at radius 1 is 1.30 bits per heavy atom. The molecule has 4 nitrogen and oxygen atoms in total. The minimum absolute atomic E-state index is 0.104. The van der Waals surface area contributed by atoms with Crippen molar-refractivity contribution < 1.29 is 9.53 Å². The summed E-state index contributed by atoms with van der Waals surface area (Å²) in [5, 5.41) is 0. The molecule has 0 N–H and O–H groups in total. The molecule has 0 unspecified atom stereocenters. The molecule has 0 saturated heterocycles. The van der Waals surface area contributed by atoms with Crippen molar-refractivity contribution in [3.63, 3.8) is 0 Å². The van der Waals surface area contributed by atoms with Gasteiger partial charge in [0.05, 0.1) is 7.11 Å². The van der Waals surface area contributed by atoms with E-state index in [1.807, 2.05) is 36.4 Å². The number of rotatable bonds is 2. The Morgan fingerprint density at radius 2 is 2.05 bits per heavy atom. The highest BCUT2D eigenvalue weighted by Gasteiger charge is 2.28. The summed E-state index contributed by atoms with van der Waals surface area (Å²) in [6.07, 6.45) is 7.29. The van der Waals surface area contributed by atoms with Crippen LogP contribution in [-0.4, -0.2) is 23.8 Å². The molecule has 0 aromatic heterocycles. The van der Waals surface area contributed by atoms with Gasteiger partial charge in [0.25, 0.3) is 5.91 Å². The van der Waals surface area contributed by atoms with E-state index in [1.165, 1.54) is 0 Å². The number of nitrogens with zero attached hydrogens (tertiary/aromatic N) is 2. The summed E-state index contributed by atoms with van der Waals surface area (Å²) in [4.78, 5) is 18.1. The predicted molar refractivity (Wildman–Crippen MR) is 86.5 cm³/mol. The normalized spacial score (nSPS) is 19.0. The van der Waals surface area contributed by atoms with E-state index in [0.717, 1.165) is 14.9 Å². The average molecular weight is 378 g/mol. The van der Waals surface area contributed by atoms with Crippen LogP contribution in [0, 0.1) is 0 Å². The zero-order valence-electron chi connectivity index (χ0n) is 10.7. The Kier molecular flexibility index (Phi) is 3.43. The van der Waals surface area contributed by atoms with E-state index >= 15 is 0 Å². The van der Waals surface area contributed by atoms with Gasteiger partial charge in [-0.2, -0.15) is 0 Å². The maximum absolute atomic E-state index is 12.2. The second-order valence-corrected chi connectivity index (χ2v) is 5.54. The van der Waals surface area contributed by atoms with Crippen LogP contribution >= 0.6 is 22.6 Å². The summed E-state index contributed by atoms with van der Waals surface area (Å²) < 4.78 is 6.16. The second-order valence-electron chi connectivity index (χ2n) is 4.29. The predicted octanol–water partition coefficient (Wildman–Crippen LogP) is 3.12. The SMILES string of the molecule is COc1ccc(/C=C2\N=C3C=C(I)C=CN3C2=O)cc1. The monoisotopic (exact) mass is 378 g/mol. The Bertz CT molecular complexity index is 684. The van der Waals surface area contributed by atoms with Gasteiger partial charge in [-0.3, -0.25) is 9.69 Å². The molecule has 0 fully saturated rings. The molecular weight excluding hydrogens is 367 g/mol. The lowest BCUT2D eigenvalue weighted by molar-refractivity contribution is -0.120. The lowest BCUT2D eigenvalue weighted by atomic mass is 10.2. The molecule has 0 aliphatic carbocycles. The first kappa shape index (κ1) is 13.1. The van der Waals surface area contributed by atoms with Crippen LogP contribution < -0.4 is 4.74 Å². The molecule has 20 heavy (non-hydrogen) atoms. The second kappa shape index (κ2) is 5.24. The summed E-state index contributed by atoms with van der Waals surface area (Å²) in [6, 6.07) is 7.50. The van der Waals surface area contributed by atoms with Crippen molar-refractivity contribution in [1.82, 2.24) is 4.90 Å². The molecule has 2 heterocycles. The van der Waals surface area contributed by atoms with Crippen molar-refractivity contribution in [2.24, 2.45) is 4.99 Å². The van der Waals surface area contributed by atoms with Crippen molar-refractivity contribution in [2.45, 2.75) is 0 Å². The van der Waals surface area contributed by atoms with Crippen LogP contribution in [0.5, 0.6) is 5.75 Å². The highest BCUT2D eigenvalue weighted by Crippen LogP contribution is 2.25. The molecular formula is C15H11IN2O2. The van der Waals surface area contributed by atoms with E-state index < -0.39 is 0 Å². The Hall–Kier alpha value is -1.89. The van der Waals surface area contributed by atoms with Crippen LogP contribution in [0.3, 0.4) is 0 Å². The number of hydrogen-bond donors (Lipinski definition) is 0. The number of aliphatic imine (C=N–C) groups is 1. The van der Waals surface area contributed by atoms with Crippen LogP contribution in [0.15, 0.2) is 56.9 Å². The van der Waals surface area contributed by atoms with Gasteiger partial charge in [0.15, 0.2) is 0 Å². The number of ether oxygens (including phenoxy) is 1. The van der Waals surface area contributed by atoms with Gasteiger partial charge in [0.1, 0.15) is 17.3 Å². The van der Waals surface area contributed by atoms with E-state index in [0.29, 0.717) is 11.5 Å². The number of halogens is 1. The molecule has 1 aromatic carbocycles. The van der Waals surface area contributed by atoms with Crippen LogP contribution in [0.2, 0.25) is 0 Å². The number of benzene rings is 1. The first-order valence-electron chi connectivity index (χ1n) is 6.01. The number of allylic oxidation sites excluding steroid dienone is 2. The van der Waals surface area contributed by atoms with Crippen LogP contribution in [0.1, 0.15) is 5.56 Å². The number of carbonyl (C=O) groups is 1. The molecule has 0 spiro atoms. The zero-order valence-corrected chi connectivity index (χ0v) is 12.9. The van der Waals surface area contributed by atoms with Crippen LogP contribution in [0.4, 0.5) is 0 Å². The van der Waals surface area contributed by atoms with E-state index in [-0.39, 0.29) is 5.91 Å². The van der Waals surface area contributed by atoms with E-state index in [2.05, 4.69) is 27.6 Å². The van der Waals surface area contributed by atoms with Crippen molar-refractivity contribution in [1.29, 1.82) is 0 Å². The largest absolute Gasteiger partial charge is 0.497 e. The van der Waals surface area contributed by atoms with Crippen molar-refractivity contribution in [3.8, 4) is 5.75 Å². The highest BCUT2D eigenvalue weighted by molar-refractivity contribution is 14.1. The fraction of sp³-hybridized carbons (Fsp3) is 0.0667. The molecule has 1 amide bonds. The molecule has 0 radical (unpaired) electrons. The van der Waals surface area contributed by atoms with Gasteiger partial charge in [-0.05, 0) is 58.5 Å². The minimum atomic E-state index is -0.104. The molecule has 0 atom stereocenters. The quantitative estimate of drug-likeness (QED) is 0.586. The number of carbonyl (C=O) groups excluding carboxylic acids is 1. The molecule has 5 heteroatoms. The van der Waals surface area contributed by atoms with Crippen molar-refractivity contribution in [2.75, 3.05) is 7.11 Å². The van der Waals surface area contributed by atoms with Gasteiger partial charge in [0.2, 0.25) is 0 Å². The van der Waals surface area contributed by atoms with Crippen molar-refractivity contribution >= 4 is 40.4 Å². The number of amidine groups is 1. The summed E-state index contributed by atoms with van der Waals surface area (Å²) in [5.74, 6) is 1.35. The van der Waals surface area contributed by atoms with Crippen molar-refractivity contribution in [3.05, 3.63) is 57.5 Å². The Balaban J connectivity index is 1.92. The van der Waals surface area contributed by atoms with Gasteiger partial charge in [-0.1, -0.05) is 12.1 Å². The first-order chi connectivity index (χ1) is 9.67. The number of fused-ring (bicyclic) bond motifs is 1. The minimum Gasteiger partial charge on any atom is -0.497 e. The van der Waals surface area contributed by atoms with Gasteiger partial charge in [-0.25, -0.2) is 4.99 Å². The first-order valence-corrected chi connectivity index (χ1v) is 7.08. The van der Waals surface area contributed by atoms with Gasteiger partial charge in [-0.15, -0.1) is 0 Å². The van der Waals surface area contributed by atoms with E-state index in [1.54, 1.807) is 24.3 Å². The summed E-state index contributed by atoms with van der Waals surface area (Å²) >= 11 is 2.20. The topological polar surface area (TPSA) is 41.9 Å². The lowest BCUT2D eigenvalue weighted by Gasteiger charge is -2.13. The molecule has 3 rings (SSSR count). The molecule has 1 aromatic rings. The van der Waals surface area contributed by atoms with Gasteiger partial charge in [0, 0.05) is 9.78 Å². The summed E-state index contributed by atoms with van der Waals surface area (Å²) in [5.41, 5.74) is 1.36. The maximum Gasteiger partial charge on any atom is 0.282 e. The number of methoxy groups -OCH3 is 1. The average Bonchev–Trinajstić information content (AvgIpc) is 2.75. The number of amides is 1. The zero-order chi connectivity index (χ0) is 14.1. The summed E-state index contributed by atoms with van der Waals surface area (Å²) in [7, 11) is 1.62. The Labute approximate surface area is 130 Å². The molecule has 100 valence electrons. The van der Waals surface area contributed by atoms with Gasteiger partial charge < -0.3 is 4.74 Å². The third-order valence-electron chi connectivity index (χ3n) is 2.99. The fourth-order valence-electron chi connectivity index (χ4n) is 1.97. The van der Waals surface area contributed by atoms with Gasteiger partial charge >= 0.3 is 0 Å². The Morgan fingerprint density at radius 3 is 2.75 bits per heavy atom. The fourth-order valence-corrected chi connectivity index (χ4v) is 2.41. The standard InChI is InChI=1S/C15H11IN2O2/c1-20-12-4-2-10(3-5-12)8-13-15(19)18-7-6-11(16)9-14(18)17-13/h2-9H,1H3/b13-8-. The third-order valence-corrected chi connectivity index (χ3v) is 3.66. The maximum atomic E-state index is 12.2. The number of hydrogen-bond acceptors (Lipinski definition) is 3. The van der Waals surface area contributed by atoms with Crippen LogP contribution in [-0.2, 0) is 4.79 Å². The third kappa shape index (κ3) is 2.40. The highest BCUT2D eigenvalue weighted by atomic mass is 127. The molecule has 2 aliphatic rings. The van der Waals surface area contributed by atoms with E-state index in [9.17, 15) is 4.79 Å². The smallest absolute Gasteiger partial charge is 0.282 e. The molecule has 0 bridgehead atoms. The van der Waals surface area contributed by atoms with E-state index in [4.69, 9.17) is 4.74 Å². The molecule has 0 saturated carbocycles. The van der Waals surface area contributed by atoms with Crippen LogP contribution in [0.25, 0.3) is 6.08 Å². The molecule has 2 aliphatic heterocycles. The lowest BCUT2D eigenvalue weighted by Crippen LogP contribution is -2.26. The summed E-state index contributed by atoms with van der Waals surface area (Å²) in [6.45, 7) is 0.